The topological polar surface area (TPSA) is 91.7 Å². The fourth-order valence-electron chi connectivity index (χ4n) is 3.67. The first kappa shape index (κ1) is 18.6. The molecule has 3 heterocycles. The lowest BCUT2D eigenvalue weighted by Crippen LogP contribution is -2.43. The first-order valence-electron chi connectivity index (χ1n) is 9.41. The molecule has 8 heteroatoms. The van der Waals surface area contributed by atoms with Crippen molar-refractivity contribution in [2.24, 2.45) is 10.3 Å². The van der Waals surface area contributed by atoms with Crippen LogP contribution in [-0.2, 0) is 21.2 Å². The van der Waals surface area contributed by atoms with E-state index in [1.54, 1.807) is 24.4 Å². The zero-order valence-electron chi connectivity index (χ0n) is 15.4. The molecule has 28 heavy (non-hydrogen) atoms. The summed E-state index contributed by atoms with van der Waals surface area (Å²) in [5.41, 5.74) is 1.61. The van der Waals surface area contributed by atoms with E-state index >= 15 is 0 Å². The molecule has 1 aromatic heterocycles. The van der Waals surface area contributed by atoms with Crippen molar-refractivity contribution in [2.75, 3.05) is 19.6 Å². The van der Waals surface area contributed by atoms with Crippen LogP contribution >= 0.6 is 0 Å². The van der Waals surface area contributed by atoms with Gasteiger partial charge in [-0.05, 0) is 37.1 Å². The van der Waals surface area contributed by atoms with Gasteiger partial charge in [0.05, 0.1) is 0 Å². The monoisotopic (exact) mass is 398 g/mol. The summed E-state index contributed by atoms with van der Waals surface area (Å²) in [6, 6.07) is 12.6. The minimum atomic E-state index is -3.61. The second-order valence-corrected chi connectivity index (χ2v) is 8.58. The van der Waals surface area contributed by atoms with Crippen molar-refractivity contribution in [1.82, 2.24) is 15.2 Å². The maximum Gasteiger partial charge on any atom is 0.285 e. The highest BCUT2D eigenvalue weighted by atomic mass is 32.2. The van der Waals surface area contributed by atoms with Gasteiger partial charge in [-0.2, -0.15) is 8.42 Å². The Morgan fingerprint density at radius 3 is 2.61 bits per heavy atom. The van der Waals surface area contributed by atoms with Gasteiger partial charge in [-0.3, -0.25) is 9.78 Å². The molecule has 4 rings (SSSR count). The molecule has 1 aromatic carbocycles. The minimum absolute atomic E-state index is 0.0527. The molecule has 0 atom stereocenters. The quantitative estimate of drug-likeness (QED) is 0.845. The lowest BCUT2D eigenvalue weighted by molar-refractivity contribution is -0.126. The third-order valence-corrected chi connectivity index (χ3v) is 6.51. The Hall–Kier alpha value is -2.74. The van der Waals surface area contributed by atoms with E-state index in [-0.39, 0.29) is 16.7 Å². The second kappa shape index (κ2) is 7.71. The number of nitrogens with one attached hydrogen (secondary N) is 1. The van der Waals surface area contributed by atoms with E-state index in [0.717, 1.165) is 5.69 Å². The number of hydrogen-bond acceptors (Lipinski definition) is 5. The second-order valence-electron chi connectivity index (χ2n) is 7.01. The maximum absolute atomic E-state index is 12.4. The standard InChI is InChI=1S/C20H22N4O3S/c25-20(22-12-8-16-5-3-4-11-21-16)15-9-13-24(14-10-15)19-17-6-1-2-7-18(17)28(26,27)23-19/h1-7,11,15H,8-10,12-14H2,(H,22,25). The maximum atomic E-state index is 12.4. The van der Waals surface area contributed by atoms with Gasteiger partial charge in [-0.15, -0.1) is 4.40 Å². The molecular weight excluding hydrogens is 376 g/mol. The van der Waals surface area contributed by atoms with E-state index in [9.17, 15) is 13.2 Å². The molecule has 2 aliphatic heterocycles. The van der Waals surface area contributed by atoms with E-state index in [4.69, 9.17) is 0 Å². The molecule has 0 saturated carbocycles. The zero-order valence-corrected chi connectivity index (χ0v) is 16.2. The molecular formula is C20H22N4O3S. The van der Waals surface area contributed by atoms with Gasteiger partial charge in [0.1, 0.15) is 4.90 Å². The number of carbonyl (C=O) groups excluding carboxylic acids is 1. The van der Waals surface area contributed by atoms with Crippen molar-refractivity contribution in [3.8, 4) is 0 Å². The van der Waals surface area contributed by atoms with Crippen molar-refractivity contribution < 1.29 is 13.2 Å². The number of nitrogens with zero attached hydrogens (tertiary/aromatic N) is 3. The van der Waals surface area contributed by atoms with Crippen LogP contribution in [0.15, 0.2) is 58.0 Å². The van der Waals surface area contributed by atoms with E-state index in [0.29, 0.717) is 50.3 Å². The minimum Gasteiger partial charge on any atom is -0.355 e. The molecule has 0 radical (unpaired) electrons. The van der Waals surface area contributed by atoms with Gasteiger partial charge < -0.3 is 10.2 Å². The van der Waals surface area contributed by atoms with Gasteiger partial charge in [0.25, 0.3) is 10.0 Å². The van der Waals surface area contributed by atoms with Crippen LogP contribution < -0.4 is 5.32 Å². The Morgan fingerprint density at radius 2 is 1.86 bits per heavy atom. The predicted molar refractivity (Wildman–Crippen MR) is 105 cm³/mol. The Balaban J connectivity index is 1.32. The van der Waals surface area contributed by atoms with Crippen LogP contribution in [0.3, 0.4) is 0 Å². The van der Waals surface area contributed by atoms with Gasteiger partial charge >= 0.3 is 0 Å². The first-order chi connectivity index (χ1) is 13.5. The Labute approximate surface area is 164 Å². The number of benzene rings is 1. The van der Waals surface area contributed by atoms with E-state index in [1.807, 2.05) is 29.2 Å². The highest BCUT2D eigenvalue weighted by Gasteiger charge is 2.34. The van der Waals surface area contributed by atoms with Crippen LogP contribution in [0.2, 0.25) is 0 Å². The number of piperidine rings is 1. The van der Waals surface area contributed by atoms with E-state index in [2.05, 4.69) is 14.7 Å². The summed E-state index contributed by atoms with van der Waals surface area (Å²) < 4.78 is 28.4. The van der Waals surface area contributed by atoms with Crippen LogP contribution in [0.4, 0.5) is 0 Å². The number of pyridine rings is 1. The molecule has 2 aliphatic rings. The van der Waals surface area contributed by atoms with Crippen molar-refractivity contribution in [2.45, 2.75) is 24.2 Å². The lowest BCUT2D eigenvalue weighted by Gasteiger charge is -2.32. The number of fused-ring (bicyclic) bond motifs is 1. The fourth-order valence-corrected chi connectivity index (χ4v) is 4.90. The summed E-state index contributed by atoms with van der Waals surface area (Å²) in [6.45, 7) is 1.79. The van der Waals surface area contributed by atoms with E-state index < -0.39 is 10.0 Å². The third-order valence-electron chi connectivity index (χ3n) is 5.18. The smallest absolute Gasteiger partial charge is 0.285 e. The van der Waals surface area contributed by atoms with Gasteiger partial charge in [0.15, 0.2) is 5.84 Å². The highest BCUT2D eigenvalue weighted by Crippen LogP contribution is 2.29. The van der Waals surface area contributed by atoms with Crippen LogP contribution in [0.1, 0.15) is 24.1 Å². The zero-order chi connectivity index (χ0) is 19.6. The molecule has 7 nitrogen and oxygen atoms in total. The van der Waals surface area contributed by atoms with Crippen molar-refractivity contribution in [3.63, 3.8) is 0 Å². The molecule has 1 saturated heterocycles. The van der Waals surface area contributed by atoms with Crippen molar-refractivity contribution >= 4 is 21.8 Å². The lowest BCUT2D eigenvalue weighted by atomic mass is 9.95. The molecule has 146 valence electrons. The van der Waals surface area contributed by atoms with Crippen LogP contribution in [0, 0.1) is 5.92 Å². The molecule has 0 unspecified atom stereocenters. The number of aromatic nitrogens is 1. The van der Waals surface area contributed by atoms with Crippen molar-refractivity contribution in [1.29, 1.82) is 0 Å². The highest BCUT2D eigenvalue weighted by molar-refractivity contribution is 7.90. The van der Waals surface area contributed by atoms with Gasteiger partial charge in [-0.1, -0.05) is 18.2 Å². The Kier molecular flexibility index (Phi) is 5.13. The summed E-state index contributed by atoms with van der Waals surface area (Å²) in [5.74, 6) is 0.496. The predicted octanol–water partition coefficient (Wildman–Crippen LogP) is 1.60. The fraction of sp³-hybridized carbons (Fsp3) is 0.350. The average molecular weight is 398 g/mol. The first-order valence-corrected chi connectivity index (χ1v) is 10.9. The van der Waals surface area contributed by atoms with Gasteiger partial charge in [0.2, 0.25) is 5.91 Å². The third kappa shape index (κ3) is 3.77. The number of sulfonamides is 1. The molecule has 0 spiro atoms. The van der Waals surface area contributed by atoms with Crippen LogP contribution in [-0.4, -0.2) is 49.7 Å². The number of amidine groups is 1. The Bertz CT molecular complexity index is 997. The number of amides is 1. The molecule has 0 bridgehead atoms. The number of rotatable bonds is 4. The van der Waals surface area contributed by atoms with Crippen molar-refractivity contribution in [3.05, 3.63) is 59.9 Å². The van der Waals surface area contributed by atoms with Gasteiger partial charge in [-0.25, -0.2) is 0 Å². The number of hydrogen-bond donors (Lipinski definition) is 1. The molecule has 1 fully saturated rings. The summed E-state index contributed by atoms with van der Waals surface area (Å²) in [6.07, 6.45) is 3.81. The SMILES string of the molecule is O=C(NCCc1ccccn1)C1CCN(C2=NS(=O)(=O)c3ccccc32)CC1. The normalized spacial score (nSPS) is 18.4. The largest absolute Gasteiger partial charge is 0.355 e. The summed E-state index contributed by atoms with van der Waals surface area (Å²) in [5, 5.41) is 2.99. The van der Waals surface area contributed by atoms with Crippen LogP contribution in [0.5, 0.6) is 0 Å². The molecule has 0 aliphatic carbocycles. The summed E-state index contributed by atoms with van der Waals surface area (Å²) in [7, 11) is -3.61. The van der Waals surface area contributed by atoms with Crippen LogP contribution in [0.25, 0.3) is 0 Å². The number of likely N-dealkylation sites (tertiary alicyclic amines) is 1. The summed E-state index contributed by atoms with van der Waals surface area (Å²) in [4.78, 5) is 18.9. The van der Waals surface area contributed by atoms with E-state index in [1.165, 1.54) is 0 Å². The molecule has 1 N–H and O–H groups in total. The average Bonchev–Trinajstić information content (AvgIpc) is 3.00. The Morgan fingerprint density at radius 1 is 1.11 bits per heavy atom. The van der Waals surface area contributed by atoms with Gasteiger partial charge in [0, 0.05) is 49.4 Å². The molecule has 1 amide bonds. The molecule has 2 aromatic rings. The number of carbonyl (C=O) groups is 1. The summed E-state index contributed by atoms with van der Waals surface area (Å²) >= 11 is 0.